The number of hydrogen-bond donors (Lipinski definition) is 1. The summed E-state index contributed by atoms with van der Waals surface area (Å²) in [6.45, 7) is 5.37. The molecule has 2 aromatic rings. The summed E-state index contributed by atoms with van der Waals surface area (Å²) < 4.78 is 2.10. The fraction of sp³-hybridized carbons (Fsp3) is 0.417. The molecular weight excluding hydrogens is 186 g/mol. The summed E-state index contributed by atoms with van der Waals surface area (Å²) in [5, 5.41) is 0. The number of nitrogen functional groups attached to an aromatic ring is 1. The Bertz CT molecular complexity index is 459. The van der Waals surface area contributed by atoms with Gasteiger partial charge in [0.25, 0.3) is 0 Å². The summed E-state index contributed by atoms with van der Waals surface area (Å²) in [4.78, 5) is 4.34. The van der Waals surface area contributed by atoms with Crippen molar-refractivity contribution in [3.63, 3.8) is 0 Å². The van der Waals surface area contributed by atoms with Crippen LogP contribution in [0.2, 0.25) is 0 Å². The number of imidazole rings is 1. The van der Waals surface area contributed by atoms with Crippen molar-refractivity contribution in [2.45, 2.75) is 26.8 Å². The van der Waals surface area contributed by atoms with Gasteiger partial charge in [-0.15, -0.1) is 0 Å². The van der Waals surface area contributed by atoms with Gasteiger partial charge in [0.1, 0.15) is 0 Å². The lowest BCUT2D eigenvalue weighted by Crippen LogP contribution is -2.09. The van der Waals surface area contributed by atoms with Gasteiger partial charge in [-0.2, -0.15) is 0 Å². The molecule has 0 aliphatic heterocycles. The second kappa shape index (κ2) is 3.93. The van der Waals surface area contributed by atoms with Crippen molar-refractivity contribution < 1.29 is 0 Å². The molecule has 3 nitrogen and oxygen atoms in total. The molecule has 0 aliphatic carbocycles. The third-order valence-corrected chi connectivity index (χ3v) is 2.88. The Morgan fingerprint density at radius 2 is 2.13 bits per heavy atom. The van der Waals surface area contributed by atoms with Crippen LogP contribution in [0.1, 0.15) is 20.3 Å². The quantitative estimate of drug-likeness (QED) is 0.833. The smallest absolute Gasteiger partial charge is 0.201 e. The van der Waals surface area contributed by atoms with Gasteiger partial charge in [-0.1, -0.05) is 32.4 Å². The van der Waals surface area contributed by atoms with E-state index in [9.17, 15) is 0 Å². The Balaban J connectivity index is 2.45. The van der Waals surface area contributed by atoms with Crippen LogP contribution >= 0.6 is 0 Å². The maximum Gasteiger partial charge on any atom is 0.201 e. The number of fused-ring (bicyclic) bond motifs is 1. The van der Waals surface area contributed by atoms with Crippen LogP contribution in [0.4, 0.5) is 5.95 Å². The van der Waals surface area contributed by atoms with Gasteiger partial charge in [-0.25, -0.2) is 4.98 Å². The normalized spacial score (nSPS) is 13.2. The number of para-hydroxylation sites is 2. The molecule has 2 rings (SSSR count). The first-order valence-corrected chi connectivity index (χ1v) is 5.43. The molecule has 0 spiro atoms. The second-order valence-corrected chi connectivity index (χ2v) is 4.08. The number of anilines is 1. The Labute approximate surface area is 89.9 Å². The molecular formula is C12H17N3. The number of rotatable bonds is 3. The highest BCUT2D eigenvalue weighted by Gasteiger charge is 2.09. The summed E-state index contributed by atoms with van der Waals surface area (Å²) in [5.74, 6) is 1.25. The Kier molecular flexibility index (Phi) is 2.62. The summed E-state index contributed by atoms with van der Waals surface area (Å²) >= 11 is 0. The zero-order chi connectivity index (χ0) is 10.8. The van der Waals surface area contributed by atoms with Crippen molar-refractivity contribution in [3.8, 4) is 0 Å². The topological polar surface area (TPSA) is 43.8 Å². The van der Waals surface area contributed by atoms with E-state index in [1.165, 1.54) is 0 Å². The lowest BCUT2D eigenvalue weighted by molar-refractivity contribution is 0.479. The Hall–Kier alpha value is -1.51. The van der Waals surface area contributed by atoms with Gasteiger partial charge in [0, 0.05) is 6.54 Å². The molecule has 1 heterocycles. The minimum absolute atomic E-state index is 0.622. The van der Waals surface area contributed by atoms with Crippen LogP contribution in [-0.2, 0) is 6.54 Å². The number of aromatic nitrogens is 2. The maximum atomic E-state index is 5.91. The van der Waals surface area contributed by atoms with Gasteiger partial charge in [0.05, 0.1) is 11.0 Å². The van der Waals surface area contributed by atoms with E-state index < -0.39 is 0 Å². The van der Waals surface area contributed by atoms with E-state index in [1.54, 1.807) is 0 Å². The van der Waals surface area contributed by atoms with Crippen LogP contribution in [-0.4, -0.2) is 9.55 Å². The molecule has 3 heteroatoms. The molecule has 0 saturated heterocycles. The molecule has 0 saturated carbocycles. The number of benzene rings is 1. The first kappa shape index (κ1) is 10.0. The SMILES string of the molecule is CCC(C)Cn1c(N)nc2ccccc21. The molecule has 1 aromatic heterocycles. The molecule has 80 valence electrons. The fourth-order valence-electron chi connectivity index (χ4n) is 1.73. The first-order chi connectivity index (χ1) is 7.22. The molecule has 0 amide bonds. The Morgan fingerprint density at radius 1 is 1.40 bits per heavy atom. The van der Waals surface area contributed by atoms with E-state index in [4.69, 9.17) is 5.73 Å². The zero-order valence-corrected chi connectivity index (χ0v) is 9.27. The summed E-state index contributed by atoms with van der Waals surface area (Å²) in [5.41, 5.74) is 8.03. The average Bonchev–Trinajstić information content (AvgIpc) is 2.55. The average molecular weight is 203 g/mol. The van der Waals surface area contributed by atoms with E-state index in [2.05, 4.69) is 29.5 Å². The highest BCUT2D eigenvalue weighted by atomic mass is 15.1. The van der Waals surface area contributed by atoms with E-state index in [-0.39, 0.29) is 0 Å². The predicted octanol–water partition coefficient (Wildman–Crippen LogP) is 2.66. The highest BCUT2D eigenvalue weighted by Crippen LogP contribution is 2.19. The van der Waals surface area contributed by atoms with Gasteiger partial charge in [-0.3, -0.25) is 0 Å². The fourth-order valence-corrected chi connectivity index (χ4v) is 1.73. The standard InChI is InChI=1S/C12H17N3/c1-3-9(2)8-15-11-7-5-4-6-10(11)14-12(15)13/h4-7,9H,3,8H2,1-2H3,(H2,13,14). The summed E-state index contributed by atoms with van der Waals surface area (Å²) in [7, 11) is 0. The van der Waals surface area contributed by atoms with Gasteiger partial charge in [0.2, 0.25) is 5.95 Å². The lowest BCUT2D eigenvalue weighted by Gasteiger charge is -2.11. The number of hydrogen-bond acceptors (Lipinski definition) is 2. The molecule has 1 aromatic carbocycles. The molecule has 15 heavy (non-hydrogen) atoms. The van der Waals surface area contributed by atoms with Gasteiger partial charge < -0.3 is 10.3 Å². The van der Waals surface area contributed by atoms with E-state index >= 15 is 0 Å². The van der Waals surface area contributed by atoms with E-state index in [0.29, 0.717) is 11.9 Å². The minimum Gasteiger partial charge on any atom is -0.369 e. The van der Waals surface area contributed by atoms with Crippen molar-refractivity contribution in [1.82, 2.24) is 9.55 Å². The van der Waals surface area contributed by atoms with Crippen molar-refractivity contribution in [2.24, 2.45) is 5.92 Å². The van der Waals surface area contributed by atoms with E-state index in [0.717, 1.165) is 24.0 Å². The second-order valence-electron chi connectivity index (χ2n) is 4.08. The van der Waals surface area contributed by atoms with Crippen molar-refractivity contribution in [2.75, 3.05) is 5.73 Å². The van der Waals surface area contributed by atoms with Crippen molar-refractivity contribution in [1.29, 1.82) is 0 Å². The number of nitrogens with two attached hydrogens (primary N) is 1. The zero-order valence-electron chi connectivity index (χ0n) is 9.27. The molecule has 1 atom stereocenters. The molecule has 0 fully saturated rings. The third kappa shape index (κ3) is 1.82. The first-order valence-electron chi connectivity index (χ1n) is 5.43. The van der Waals surface area contributed by atoms with Crippen molar-refractivity contribution in [3.05, 3.63) is 24.3 Å². The monoisotopic (exact) mass is 203 g/mol. The highest BCUT2D eigenvalue weighted by molar-refractivity contribution is 5.78. The number of nitrogens with zero attached hydrogens (tertiary/aromatic N) is 2. The van der Waals surface area contributed by atoms with Gasteiger partial charge in [0.15, 0.2) is 0 Å². The lowest BCUT2D eigenvalue weighted by atomic mass is 10.1. The minimum atomic E-state index is 0.622. The summed E-state index contributed by atoms with van der Waals surface area (Å²) in [6.07, 6.45) is 1.16. The molecule has 2 N–H and O–H groups in total. The molecule has 0 aliphatic rings. The van der Waals surface area contributed by atoms with Crippen molar-refractivity contribution >= 4 is 17.0 Å². The largest absolute Gasteiger partial charge is 0.369 e. The Morgan fingerprint density at radius 3 is 2.87 bits per heavy atom. The molecule has 1 unspecified atom stereocenters. The molecule has 0 bridgehead atoms. The van der Waals surface area contributed by atoms with Gasteiger partial charge in [-0.05, 0) is 18.1 Å². The van der Waals surface area contributed by atoms with Gasteiger partial charge >= 0.3 is 0 Å². The van der Waals surface area contributed by atoms with Crippen LogP contribution in [0, 0.1) is 5.92 Å². The van der Waals surface area contributed by atoms with Crippen LogP contribution < -0.4 is 5.73 Å². The van der Waals surface area contributed by atoms with Crippen LogP contribution in [0.15, 0.2) is 24.3 Å². The van der Waals surface area contributed by atoms with E-state index in [1.807, 2.05) is 18.2 Å². The maximum absolute atomic E-state index is 5.91. The van der Waals surface area contributed by atoms with Crippen LogP contribution in [0.3, 0.4) is 0 Å². The predicted molar refractivity (Wildman–Crippen MR) is 63.6 cm³/mol. The molecule has 0 radical (unpaired) electrons. The van der Waals surface area contributed by atoms with Crippen LogP contribution in [0.5, 0.6) is 0 Å². The summed E-state index contributed by atoms with van der Waals surface area (Å²) in [6, 6.07) is 8.08. The van der Waals surface area contributed by atoms with Crippen LogP contribution in [0.25, 0.3) is 11.0 Å². The third-order valence-electron chi connectivity index (χ3n) is 2.88.